The fourth-order valence-corrected chi connectivity index (χ4v) is 2.50. The Balaban J connectivity index is 0.00000113. The van der Waals surface area contributed by atoms with Crippen molar-refractivity contribution in [2.24, 2.45) is 5.73 Å². The number of hydrogen-bond donors (Lipinski definition) is 3. The molecule has 1 atom stereocenters. The third-order valence-electron chi connectivity index (χ3n) is 3.47. The number of phenols is 1. The Labute approximate surface area is 156 Å². The highest BCUT2D eigenvalue weighted by Gasteiger charge is 2.09. The van der Waals surface area contributed by atoms with Crippen molar-refractivity contribution in [2.45, 2.75) is 54.0 Å². The smallest absolute Gasteiger partial charge is 0.290 e. The largest absolute Gasteiger partial charge is 0.508 e. The molecule has 4 N–H and O–H groups in total. The number of hydrogen-bond acceptors (Lipinski definition) is 4. The van der Waals surface area contributed by atoms with E-state index in [4.69, 9.17) is 20.4 Å². The Morgan fingerprint density at radius 1 is 1.08 bits per heavy atom. The van der Waals surface area contributed by atoms with E-state index in [1.54, 1.807) is 12.1 Å². The lowest BCUT2D eigenvalue weighted by Crippen LogP contribution is -2.17. The molecule has 0 spiro atoms. The van der Waals surface area contributed by atoms with Gasteiger partial charge in [-0.3, -0.25) is 4.79 Å². The Bertz CT molecular complexity index is 673. The first-order valence-electron chi connectivity index (χ1n) is 8.69. The van der Waals surface area contributed by atoms with Crippen LogP contribution in [0.2, 0.25) is 0 Å². The summed E-state index contributed by atoms with van der Waals surface area (Å²) < 4.78 is 5.99. The standard InChI is InChI=1S/C18H23NO2.C2H6.CH2O2/c1-11-9-16(5-6-17(11)20)21-18-12(2)7-15(8-13(18)3)10-14(4)19;1-2;2-1-3/h5-9,14,20H,10,19H2,1-4H3;1-2H3;1H,(H,2,3). The van der Waals surface area contributed by atoms with E-state index in [1.165, 1.54) is 5.56 Å². The SMILES string of the molecule is CC.Cc1cc(Oc2c(C)cc(CC(C)N)cc2C)ccc1O.O=CO. The molecule has 0 heterocycles. The molecule has 1 unspecified atom stereocenters. The first kappa shape index (κ1) is 23.5. The number of aryl methyl sites for hydroxylation is 3. The summed E-state index contributed by atoms with van der Waals surface area (Å²) in [6.45, 7) is 11.7. The van der Waals surface area contributed by atoms with Gasteiger partial charge in [-0.2, -0.15) is 0 Å². The summed E-state index contributed by atoms with van der Waals surface area (Å²) in [5.74, 6) is 1.88. The van der Waals surface area contributed by atoms with Crippen molar-refractivity contribution >= 4 is 6.47 Å². The molecule has 0 fully saturated rings. The van der Waals surface area contributed by atoms with Crippen LogP contribution in [-0.4, -0.2) is 22.7 Å². The maximum Gasteiger partial charge on any atom is 0.290 e. The number of ether oxygens (including phenoxy) is 1. The van der Waals surface area contributed by atoms with E-state index in [0.717, 1.165) is 34.6 Å². The zero-order valence-corrected chi connectivity index (χ0v) is 16.5. The first-order valence-corrected chi connectivity index (χ1v) is 8.69. The maximum absolute atomic E-state index is 9.57. The number of rotatable bonds is 4. The molecule has 0 amide bonds. The zero-order chi connectivity index (χ0) is 20.3. The molecule has 0 aliphatic carbocycles. The van der Waals surface area contributed by atoms with Crippen molar-refractivity contribution < 1.29 is 19.7 Å². The number of carbonyl (C=O) groups is 1. The van der Waals surface area contributed by atoms with Gasteiger partial charge in [0.05, 0.1) is 0 Å². The zero-order valence-electron chi connectivity index (χ0n) is 16.5. The minimum absolute atomic E-state index is 0.148. The van der Waals surface area contributed by atoms with Gasteiger partial charge in [-0.25, -0.2) is 0 Å². The highest BCUT2D eigenvalue weighted by atomic mass is 16.5. The molecule has 2 aromatic rings. The normalized spacial score (nSPS) is 10.6. The summed E-state index contributed by atoms with van der Waals surface area (Å²) in [5, 5.41) is 16.5. The van der Waals surface area contributed by atoms with E-state index >= 15 is 0 Å². The van der Waals surface area contributed by atoms with Gasteiger partial charge in [0.15, 0.2) is 0 Å². The van der Waals surface area contributed by atoms with Gasteiger partial charge in [-0.05, 0) is 74.6 Å². The summed E-state index contributed by atoms with van der Waals surface area (Å²) in [6.07, 6.45) is 0.861. The van der Waals surface area contributed by atoms with Crippen LogP contribution in [0.4, 0.5) is 0 Å². The Morgan fingerprint density at radius 2 is 1.58 bits per heavy atom. The number of benzene rings is 2. The van der Waals surface area contributed by atoms with Crippen LogP contribution < -0.4 is 10.5 Å². The van der Waals surface area contributed by atoms with Crippen LogP contribution in [-0.2, 0) is 11.2 Å². The monoisotopic (exact) mass is 361 g/mol. The van der Waals surface area contributed by atoms with Gasteiger partial charge < -0.3 is 20.7 Å². The van der Waals surface area contributed by atoms with Crippen molar-refractivity contribution in [2.75, 3.05) is 0 Å². The van der Waals surface area contributed by atoms with E-state index < -0.39 is 0 Å². The van der Waals surface area contributed by atoms with Gasteiger partial charge in [-0.1, -0.05) is 26.0 Å². The van der Waals surface area contributed by atoms with Gasteiger partial charge in [0.25, 0.3) is 6.47 Å². The fourth-order valence-electron chi connectivity index (χ4n) is 2.50. The molecular weight excluding hydrogens is 330 g/mol. The molecule has 0 aromatic heterocycles. The van der Waals surface area contributed by atoms with Crippen LogP contribution in [0.3, 0.4) is 0 Å². The minimum Gasteiger partial charge on any atom is -0.508 e. The van der Waals surface area contributed by atoms with Crippen molar-refractivity contribution in [3.63, 3.8) is 0 Å². The molecule has 5 heteroatoms. The second kappa shape index (κ2) is 11.9. The highest BCUT2D eigenvalue weighted by molar-refractivity contribution is 5.47. The lowest BCUT2D eigenvalue weighted by atomic mass is 10.0. The molecule has 0 bridgehead atoms. The molecule has 2 rings (SSSR count). The van der Waals surface area contributed by atoms with Gasteiger partial charge >= 0.3 is 0 Å². The van der Waals surface area contributed by atoms with Gasteiger partial charge in [0, 0.05) is 6.04 Å². The first-order chi connectivity index (χ1) is 12.3. The van der Waals surface area contributed by atoms with Crippen LogP contribution in [0.25, 0.3) is 0 Å². The molecule has 26 heavy (non-hydrogen) atoms. The van der Waals surface area contributed by atoms with Crippen LogP contribution in [0.5, 0.6) is 17.2 Å². The third kappa shape index (κ3) is 7.57. The quantitative estimate of drug-likeness (QED) is 0.685. The molecule has 0 radical (unpaired) electrons. The van der Waals surface area contributed by atoms with Crippen molar-refractivity contribution in [1.82, 2.24) is 0 Å². The molecule has 2 aromatic carbocycles. The lowest BCUT2D eigenvalue weighted by molar-refractivity contribution is -0.122. The summed E-state index contributed by atoms with van der Waals surface area (Å²) in [4.78, 5) is 8.36. The van der Waals surface area contributed by atoms with Gasteiger partial charge in [-0.15, -0.1) is 0 Å². The second-order valence-electron chi connectivity index (χ2n) is 5.90. The number of carboxylic acid groups (broad SMARTS) is 1. The van der Waals surface area contributed by atoms with Gasteiger partial charge in [0.2, 0.25) is 0 Å². The molecule has 0 aliphatic rings. The van der Waals surface area contributed by atoms with E-state index in [0.29, 0.717) is 0 Å². The second-order valence-corrected chi connectivity index (χ2v) is 5.90. The topological polar surface area (TPSA) is 92.8 Å². The molecular formula is C21H31NO4. The van der Waals surface area contributed by atoms with E-state index in [-0.39, 0.29) is 18.3 Å². The van der Waals surface area contributed by atoms with E-state index in [2.05, 4.69) is 12.1 Å². The lowest BCUT2D eigenvalue weighted by Gasteiger charge is -2.15. The summed E-state index contributed by atoms with van der Waals surface area (Å²) in [6, 6.07) is 9.66. The molecule has 144 valence electrons. The van der Waals surface area contributed by atoms with Crippen LogP contribution in [0.1, 0.15) is 43.0 Å². The summed E-state index contributed by atoms with van der Waals surface area (Å²) in [5.41, 5.74) is 10.1. The maximum atomic E-state index is 9.57. The average molecular weight is 361 g/mol. The Kier molecular flexibility index (Phi) is 10.8. The predicted molar refractivity (Wildman–Crippen MR) is 106 cm³/mol. The number of aromatic hydroxyl groups is 1. The average Bonchev–Trinajstić information content (AvgIpc) is 2.56. The molecule has 0 saturated carbocycles. The van der Waals surface area contributed by atoms with Gasteiger partial charge in [0.1, 0.15) is 17.2 Å². The van der Waals surface area contributed by atoms with Crippen molar-refractivity contribution in [3.8, 4) is 17.2 Å². The highest BCUT2D eigenvalue weighted by Crippen LogP contribution is 2.32. The van der Waals surface area contributed by atoms with E-state index in [1.807, 2.05) is 47.6 Å². The summed E-state index contributed by atoms with van der Waals surface area (Å²) >= 11 is 0. The Hall–Kier alpha value is -2.53. The molecule has 0 saturated heterocycles. The number of nitrogens with two attached hydrogens (primary N) is 1. The van der Waals surface area contributed by atoms with Crippen molar-refractivity contribution in [3.05, 3.63) is 52.6 Å². The van der Waals surface area contributed by atoms with Crippen LogP contribution in [0.15, 0.2) is 30.3 Å². The molecule has 5 nitrogen and oxygen atoms in total. The predicted octanol–water partition coefficient (Wildman–Crippen LogP) is 4.73. The molecule has 0 aliphatic heterocycles. The third-order valence-corrected chi connectivity index (χ3v) is 3.47. The fraction of sp³-hybridized carbons (Fsp3) is 0.381. The number of phenolic OH excluding ortho intramolecular Hbond substituents is 1. The van der Waals surface area contributed by atoms with Crippen LogP contribution >= 0.6 is 0 Å². The minimum atomic E-state index is -0.250. The Morgan fingerprint density at radius 3 is 2.00 bits per heavy atom. The summed E-state index contributed by atoms with van der Waals surface area (Å²) in [7, 11) is 0. The van der Waals surface area contributed by atoms with Crippen LogP contribution in [0, 0.1) is 20.8 Å². The van der Waals surface area contributed by atoms with Crippen molar-refractivity contribution in [1.29, 1.82) is 0 Å². The van der Waals surface area contributed by atoms with E-state index in [9.17, 15) is 5.11 Å².